The SMILES string of the molecule is N#Cc1c(Nc2ccccc2)nc(N)c(S(=O)(=O)O)c1N. The van der Waals surface area contributed by atoms with Crippen LogP contribution < -0.4 is 16.8 Å². The van der Waals surface area contributed by atoms with E-state index >= 15 is 0 Å². The molecule has 0 amide bonds. The van der Waals surface area contributed by atoms with Gasteiger partial charge >= 0.3 is 0 Å². The van der Waals surface area contributed by atoms with Crippen molar-refractivity contribution < 1.29 is 13.0 Å². The first-order valence-electron chi connectivity index (χ1n) is 5.63. The Bertz CT molecular complexity index is 828. The van der Waals surface area contributed by atoms with Crippen LogP contribution in [0.15, 0.2) is 35.2 Å². The van der Waals surface area contributed by atoms with Gasteiger partial charge in [0.15, 0.2) is 10.7 Å². The van der Waals surface area contributed by atoms with Gasteiger partial charge in [-0.15, -0.1) is 0 Å². The quantitative estimate of drug-likeness (QED) is 0.614. The molecule has 9 heteroatoms. The number of nitrogen functional groups attached to an aromatic ring is 2. The number of nitrogens with one attached hydrogen (secondary N) is 1. The number of benzene rings is 1. The van der Waals surface area contributed by atoms with Crippen molar-refractivity contribution in [1.29, 1.82) is 5.26 Å². The van der Waals surface area contributed by atoms with Gasteiger partial charge in [-0.1, -0.05) is 18.2 Å². The largest absolute Gasteiger partial charge is 0.396 e. The number of nitriles is 1. The molecule has 0 fully saturated rings. The van der Waals surface area contributed by atoms with Crippen LogP contribution in [0.1, 0.15) is 5.56 Å². The second-order valence-electron chi connectivity index (χ2n) is 4.04. The van der Waals surface area contributed by atoms with Gasteiger partial charge in [0, 0.05) is 5.69 Å². The van der Waals surface area contributed by atoms with Gasteiger partial charge in [-0.25, -0.2) is 4.98 Å². The van der Waals surface area contributed by atoms with Gasteiger partial charge < -0.3 is 16.8 Å². The molecule has 0 spiro atoms. The normalized spacial score (nSPS) is 10.9. The number of rotatable bonds is 3. The Balaban J connectivity index is 2.63. The smallest absolute Gasteiger partial charge is 0.300 e. The van der Waals surface area contributed by atoms with Crippen molar-refractivity contribution in [3.05, 3.63) is 35.9 Å². The molecule has 0 saturated carbocycles. The Morgan fingerprint density at radius 3 is 2.38 bits per heavy atom. The Labute approximate surface area is 120 Å². The number of pyridine rings is 1. The predicted octanol–water partition coefficient (Wildman–Crippen LogP) is 1.11. The molecule has 0 aliphatic carbocycles. The standard InChI is InChI=1S/C12H11N5O3S/c13-6-8-9(14)10(21(18,19)20)11(15)17-12(8)16-7-4-2-1-3-5-7/h1-5H,(H,18,19,20)(H5,14,15,16,17). The van der Waals surface area contributed by atoms with Crippen molar-refractivity contribution in [2.45, 2.75) is 4.90 Å². The summed E-state index contributed by atoms with van der Waals surface area (Å²) in [4.78, 5) is 3.03. The average molecular weight is 305 g/mol. The highest BCUT2D eigenvalue weighted by atomic mass is 32.2. The summed E-state index contributed by atoms with van der Waals surface area (Å²) in [5.74, 6) is -0.487. The molecule has 0 saturated heterocycles. The fraction of sp³-hybridized carbons (Fsp3) is 0. The maximum atomic E-state index is 11.2. The van der Waals surface area contributed by atoms with Gasteiger partial charge in [-0.2, -0.15) is 13.7 Å². The molecule has 1 aromatic heterocycles. The molecule has 0 atom stereocenters. The fourth-order valence-corrected chi connectivity index (χ4v) is 2.43. The van der Waals surface area contributed by atoms with E-state index in [1.54, 1.807) is 36.4 Å². The van der Waals surface area contributed by atoms with Crippen LogP contribution in [-0.4, -0.2) is 18.0 Å². The molecule has 6 N–H and O–H groups in total. The first-order chi connectivity index (χ1) is 9.84. The lowest BCUT2D eigenvalue weighted by Crippen LogP contribution is -2.12. The molecule has 1 heterocycles. The van der Waals surface area contributed by atoms with Gasteiger partial charge in [0.25, 0.3) is 10.1 Å². The van der Waals surface area contributed by atoms with Crippen molar-refractivity contribution in [2.24, 2.45) is 0 Å². The number of nitrogens with two attached hydrogens (primary N) is 2. The maximum Gasteiger partial charge on any atom is 0.300 e. The molecule has 0 bridgehead atoms. The van der Waals surface area contributed by atoms with Gasteiger partial charge in [0.1, 0.15) is 17.5 Å². The number of anilines is 4. The highest BCUT2D eigenvalue weighted by molar-refractivity contribution is 7.86. The van der Waals surface area contributed by atoms with Gasteiger partial charge in [-0.05, 0) is 12.1 Å². The van der Waals surface area contributed by atoms with Gasteiger partial charge in [0.05, 0.1) is 5.69 Å². The summed E-state index contributed by atoms with van der Waals surface area (Å²) >= 11 is 0. The Hall–Kier alpha value is -2.83. The third kappa shape index (κ3) is 2.86. The van der Waals surface area contributed by atoms with E-state index in [-0.39, 0.29) is 11.4 Å². The minimum absolute atomic E-state index is 0.00565. The fourth-order valence-electron chi connectivity index (χ4n) is 1.74. The molecular formula is C12H11N5O3S. The van der Waals surface area contributed by atoms with Crippen LogP contribution in [-0.2, 0) is 10.1 Å². The van der Waals surface area contributed by atoms with E-state index in [2.05, 4.69) is 10.3 Å². The molecule has 0 unspecified atom stereocenters. The van der Waals surface area contributed by atoms with Crippen LogP contribution in [0.3, 0.4) is 0 Å². The van der Waals surface area contributed by atoms with Crippen LogP contribution in [0, 0.1) is 11.3 Å². The van der Waals surface area contributed by atoms with Crippen molar-refractivity contribution in [3.63, 3.8) is 0 Å². The van der Waals surface area contributed by atoms with E-state index in [0.29, 0.717) is 5.69 Å². The summed E-state index contributed by atoms with van der Waals surface area (Å²) in [6.07, 6.45) is 0. The second kappa shape index (κ2) is 5.28. The van der Waals surface area contributed by atoms with Crippen LogP contribution in [0.4, 0.5) is 23.0 Å². The zero-order valence-corrected chi connectivity index (χ0v) is 11.4. The van der Waals surface area contributed by atoms with Crippen LogP contribution in [0.2, 0.25) is 0 Å². The molecule has 2 aromatic rings. The summed E-state index contributed by atoms with van der Waals surface area (Å²) < 4.78 is 31.6. The molecule has 0 radical (unpaired) electrons. The summed E-state index contributed by atoms with van der Waals surface area (Å²) in [6, 6.07) is 10.5. The van der Waals surface area contributed by atoms with E-state index < -0.39 is 26.5 Å². The summed E-state index contributed by atoms with van der Waals surface area (Å²) in [6.45, 7) is 0. The highest BCUT2D eigenvalue weighted by Crippen LogP contribution is 2.32. The zero-order chi connectivity index (χ0) is 15.6. The lowest BCUT2D eigenvalue weighted by Gasteiger charge is -2.13. The summed E-state index contributed by atoms with van der Waals surface area (Å²) in [5, 5.41) is 11.9. The monoisotopic (exact) mass is 305 g/mol. The number of hydrogen-bond acceptors (Lipinski definition) is 7. The van der Waals surface area contributed by atoms with Crippen molar-refractivity contribution in [1.82, 2.24) is 4.98 Å². The number of aromatic nitrogens is 1. The maximum absolute atomic E-state index is 11.2. The van der Waals surface area contributed by atoms with Crippen LogP contribution >= 0.6 is 0 Å². The van der Waals surface area contributed by atoms with Crippen LogP contribution in [0.25, 0.3) is 0 Å². The lowest BCUT2D eigenvalue weighted by molar-refractivity contribution is 0.484. The summed E-state index contributed by atoms with van der Waals surface area (Å²) in [7, 11) is -4.68. The molecule has 21 heavy (non-hydrogen) atoms. The van der Waals surface area contributed by atoms with Gasteiger partial charge in [0.2, 0.25) is 0 Å². The molecule has 2 rings (SSSR count). The van der Waals surface area contributed by atoms with Crippen molar-refractivity contribution in [2.75, 3.05) is 16.8 Å². The van der Waals surface area contributed by atoms with Crippen LogP contribution in [0.5, 0.6) is 0 Å². The molecule has 108 valence electrons. The number of nitrogens with zero attached hydrogens (tertiary/aromatic N) is 2. The molecule has 0 aliphatic heterocycles. The Morgan fingerprint density at radius 2 is 1.86 bits per heavy atom. The second-order valence-corrected chi connectivity index (χ2v) is 5.40. The number of hydrogen-bond donors (Lipinski definition) is 4. The Kier molecular flexibility index (Phi) is 3.66. The molecule has 0 aliphatic rings. The number of para-hydroxylation sites is 1. The molecular weight excluding hydrogens is 294 g/mol. The zero-order valence-electron chi connectivity index (χ0n) is 10.6. The van der Waals surface area contributed by atoms with E-state index in [1.165, 1.54) is 0 Å². The van der Waals surface area contributed by atoms with E-state index in [4.69, 9.17) is 21.3 Å². The topological polar surface area (TPSA) is 155 Å². The van der Waals surface area contributed by atoms with E-state index in [9.17, 15) is 8.42 Å². The minimum Gasteiger partial charge on any atom is -0.396 e. The average Bonchev–Trinajstić information content (AvgIpc) is 2.38. The highest BCUT2D eigenvalue weighted by Gasteiger charge is 2.25. The Morgan fingerprint density at radius 1 is 1.24 bits per heavy atom. The first-order valence-corrected chi connectivity index (χ1v) is 7.07. The first kappa shape index (κ1) is 14.6. The third-order valence-electron chi connectivity index (χ3n) is 2.62. The molecule has 8 nitrogen and oxygen atoms in total. The van der Waals surface area contributed by atoms with Crippen molar-refractivity contribution in [3.8, 4) is 6.07 Å². The predicted molar refractivity (Wildman–Crippen MR) is 77.3 cm³/mol. The summed E-state index contributed by atoms with van der Waals surface area (Å²) in [5.41, 5.74) is 11.1. The lowest BCUT2D eigenvalue weighted by atomic mass is 10.2. The molecule has 1 aromatic carbocycles. The third-order valence-corrected chi connectivity index (χ3v) is 3.57. The van der Waals surface area contributed by atoms with Crippen molar-refractivity contribution >= 4 is 33.1 Å². The minimum atomic E-state index is -4.68. The van der Waals surface area contributed by atoms with Gasteiger partial charge in [-0.3, -0.25) is 4.55 Å². The van der Waals surface area contributed by atoms with E-state index in [1.807, 2.05) is 0 Å². The van der Waals surface area contributed by atoms with E-state index in [0.717, 1.165) is 0 Å².